The van der Waals surface area contributed by atoms with Crippen molar-refractivity contribution in [2.45, 2.75) is 31.6 Å². The SMILES string of the molecule is OCc1ccccc1C1(O)CCN(Cc2ccc(OCCF)cc2)CC1. The van der Waals surface area contributed by atoms with Gasteiger partial charge in [-0.15, -0.1) is 0 Å². The fourth-order valence-corrected chi connectivity index (χ4v) is 3.57. The number of hydrogen-bond acceptors (Lipinski definition) is 4. The quantitative estimate of drug-likeness (QED) is 0.798. The average molecular weight is 359 g/mol. The Hall–Kier alpha value is -1.95. The van der Waals surface area contributed by atoms with Crippen molar-refractivity contribution in [1.82, 2.24) is 4.90 Å². The van der Waals surface area contributed by atoms with Gasteiger partial charge in [-0.05, 0) is 41.7 Å². The van der Waals surface area contributed by atoms with Gasteiger partial charge in [0.25, 0.3) is 0 Å². The number of hydrogen-bond donors (Lipinski definition) is 2. The summed E-state index contributed by atoms with van der Waals surface area (Å²) in [4.78, 5) is 2.31. The summed E-state index contributed by atoms with van der Waals surface area (Å²) in [5, 5.41) is 20.6. The van der Waals surface area contributed by atoms with Crippen molar-refractivity contribution in [2.24, 2.45) is 0 Å². The molecule has 2 aromatic rings. The first-order chi connectivity index (χ1) is 12.6. The lowest BCUT2D eigenvalue weighted by Gasteiger charge is -2.39. The third-order valence-corrected chi connectivity index (χ3v) is 5.05. The first-order valence-corrected chi connectivity index (χ1v) is 9.06. The minimum absolute atomic E-state index is 0.0565. The third-order valence-electron chi connectivity index (χ3n) is 5.05. The summed E-state index contributed by atoms with van der Waals surface area (Å²) in [7, 11) is 0. The van der Waals surface area contributed by atoms with Crippen molar-refractivity contribution in [3.8, 4) is 5.75 Å². The van der Waals surface area contributed by atoms with E-state index in [0.717, 1.165) is 30.8 Å². The van der Waals surface area contributed by atoms with Crippen molar-refractivity contribution < 1.29 is 19.3 Å². The zero-order valence-corrected chi connectivity index (χ0v) is 14.9. The van der Waals surface area contributed by atoms with Crippen LogP contribution in [0.25, 0.3) is 0 Å². The molecule has 1 saturated heterocycles. The molecule has 0 aromatic heterocycles. The van der Waals surface area contributed by atoms with Crippen LogP contribution in [0.15, 0.2) is 48.5 Å². The molecule has 1 aliphatic rings. The van der Waals surface area contributed by atoms with Crippen molar-refractivity contribution >= 4 is 0 Å². The van der Waals surface area contributed by atoms with E-state index >= 15 is 0 Å². The van der Waals surface area contributed by atoms with Crippen LogP contribution in [0.5, 0.6) is 5.75 Å². The normalized spacial score (nSPS) is 17.2. The highest BCUT2D eigenvalue weighted by molar-refractivity contribution is 5.32. The Kier molecular flexibility index (Phi) is 6.25. The Morgan fingerprint density at radius 3 is 2.38 bits per heavy atom. The zero-order chi connectivity index (χ0) is 18.4. The Bertz CT molecular complexity index is 697. The van der Waals surface area contributed by atoms with Crippen LogP contribution in [0, 0.1) is 0 Å². The predicted octanol–water partition coefficient (Wildman–Crippen LogP) is 3.01. The Morgan fingerprint density at radius 1 is 1.04 bits per heavy atom. The second-order valence-electron chi connectivity index (χ2n) is 6.80. The molecule has 5 heteroatoms. The molecular weight excluding hydrogens is 333 g/mol. The maximum absolute atomic E-state index is 12.1. The molecule has 1 heterocycles. The summed E-state index contributed by atoms with van der Waals surface area (Å²) in [5.74, 6) is 0.681. The van der Waals surface area contributed by atoms with Crippen LogP contribution >= 0.6 is 0 Å². The molecule has 0 unspecified atom stereocenters. The molecule has 1 fully saturated rings. The van der Waals surface area contributed by atoms with E-state index in [9.17, 15) is 14.6 Å². The molecule has 0 spiro atoms. The zero-order valence-electron chi connectivity index (χ0n) is 14.9. The van der Waals surface area contributed by atoms with Gasteiger partial charge in [0.05, 0.1) is 12.2 Å². The highest BCUT2D eigenvalue weighted by Crippen LogP contribution is 2.35. The third kappa shape index (κ3) is 4.41. The summed E-state index contributed by atoms with van der Waals surface area (Å²) >= 11 is 0. The average Bonchev–Trinajstić information content (AvgIpc) is 2.69. The molecule has 140 valence electrons. The number of halogens is 1. The Balaban J connectivity index is 1.58. The summed E-state index contributed by atoms with van der Waals surface area (Å²) in [6.07, 6.45) is 1.28. The molecule has 1 aliphatic heterocycles. The summed E-state index contributed by atoms with van der Waals surface area (Å²) in [5.41, 5.74) is 1.93. The topological polar surface area (TPSA) is 52.9 Å². The lowest BCUT2D eigenvalue weighted by molar-refractivity contribution is -0.0290. The van der Waals surface area contributed by atoms with E-state index in [2.05, 4.69) is 4.90 Å². The molecular formula is C21H26FNO3. The van der Waals surface area contributed by atoms with Crippen LogP contribution in [0.4, 0.5) is 4.39 Å². The number of benzene rings is 2. The van der Waals surface area contributed by atoms with Crippen molar-refractivity contribution in [1.29, 1.82) is 0 Å². The number of likely N-dealkylation sites (tertiary alicyclic amines) is 1. The lowest BCUT2D eigenvalue weighted by Crippen LogP contribution is -2.42. The molecule has 26 heavy (non-hydrogen) atoms. The Morgan fingerprint density at radius 2 is 1.73 bits per heavy atom. The summed E-state index contributed by atoms with van der Waals surface area (Å²) in [6.45, 7) is 1.92. The van der Waals surface area contributed by atoms with Crippen molar-refractivity contribution in [2.75, 3.05) is 26.4 Å². The van der Waals surface area contributed by atoms with Gasteiger partial charge in [-0.3, -0.25) is 4.90 Å². The second kappa shape index (κ2) is 8.62. The number of aliphatic hydroxyl groups excluding tert-OH is 1. The van der Waals surface area contributed by atoms with Gasteiger partial charge in [-0.25, -0.2) is 4.39 Å². The largest absolute Gasteiger partial charge is 0.491 e. The molecule has 0 aliphatic carbocycles. The van der Waals surface area contributed by atoms with E-state index in [4.69, 9.17) is 4.74 Å². The Labute approximate surface area is 153 Å². The fourth-order valence-electron chi connectivity index (χ4n) is 3.57. The number of alkyl halides is 1. The first-order valence-electron chi connectivity index (χ1n) is 9.06. The maximum atomic E-state index is 12.1. The van der Waals surface area contributed by atoms with Crippen LogP contribution in [0.2, 0.25) is 0 Å². The van der Waals surface area contributed by atoms with E-state index in [0.29, 0.717) is 18.6 Å². The summed E-state index contributed by atoms with van der Waals surface area (Å²) in [6, 6.07) is 15.3. The van der Waals surface area contributed by atoms with Gasteiger partial charge in [0, 0.05) is 19.6 Å². The van der Waals surface area contributed by atoms with E-state index in [1.54, 1.807) is 0 Å². The predicted molar refractivity (Wildman–Crippen MR) is 98.7 cm³/mol. The molecule has 4 nitrogen and oxygen atoms in total. The standard InChI is InChI=1S/C21H26FNO3/c22-11-14-26-19-7-5-17(6-8-19)15-23-12-9-21(25,10-13-23)20-4-2-1-3-18(20)16-24/h1-8,24-25H,9-16H2. The molecule has 0 amide bonds. The van der Waals surface area contributed by atoms with Gasteiger partial charge in [0.2, 0.25) is 0 Å². The van der Waals surface area contributed by atoms with E-state index in [1.165, 1.54) is 5.56 Å². The van der Waals surface area contributed by atoms with Gasteiger partial charge >= 0.3 is 0 Å². The van der Waals surface area contributed by atoms with Crippen LogP contribution in [-0.2, 0) is 18.8 Å². The monoisotopic (exact) mass is 359 g/mol. The van der Waals surface area contributed by atoms with Crippen LogP contribution in [-0.4, -0.2) is 41.5 Å². The smallest absolute Gasteiger partial charge is 0.123 e. The maximum Gasteiger partial charge on any atom is 0.123 e. The summed E-state index contributed by atoms with van der Waals surface area (Å²) < 4.78 is 17.4. The van der Waals surface area contributed by atoms with Crippen molar-refractivity contribution in [3.63, 3.8) is 0 Å². The molecule has 2 N–H and O–H groups in total. The number of ether oxygens (including phenoxy) is 1. The van der Waals surface area contributed by atoms with Gasteiger partial charge in [-0.2, -0.15) is 0 Å². The minimum Gasteiger partial charge on any atom is -0.491 e. The van der Waals surface area contributed by atoms with Gasteiger partial charge in [-0.1, -0.05) is 36.4 Å². The molecule has 0 saturated carbocycles. The minimum atomic E-state index is -0.875. The highest BCUT2D eigenvalue weighted by atomic mass is 19.1. The first kappa shape index (κ1) is 18.8. The molecule has 0 atom stereocenters. The van der Waals surface area contributed by atoms with Crippen LogP contribution in [0.1, 0.15) is 29.5 Å². The van der Waals surface area contributed by atoms with E-state index in [1.807, 2.05) is 48.5 Å². The molecule has 0 bridgehead atoms. The molecule has 0 radical (unpaired) electrons. The lowest BCUT2D eigenvalue weighted by atomic mass is 9.82. The molecule has 2 aromatic carbocycles. The second-order valence-corrected chi connectivity index (χ2v) is 6.80. The van der Waals surface area contributed by atoms with E-state index in [-0.39, 0.29) is 13.2 Å². The molecule has 3 rings (SSSR count). The van der Waals surface area contributed by atoms with Gasteiger partial charge in [0.15, 0.2) is 0 Å². The highest BCUT2D eigenvalue weighted by Gasteiger charge is 2.35. The number of piperidine rings is 1. The number of nitrogens with zero attached hydrogens (tertiary/aromatic N) is 1. The number of rotatable bonds is 7. The van der Waals surface area contributed by atoms with Gasteiger partial charge in [0.1, 0.15) is 19.0 Å². The van der Waals surface area contributed by atoms with Crippen molar-refractivity contribution in [3.05, 3.63) is 65.2 Å². The van der Waals surface area contributed by atoms with Crippen LogP contribution in [0.3, 0.4) is 0 Å². The number of aliphatic hydroxyl groups is 2. The van der Waals surface area contributed by atoms with Crippen LogP contribution < -0.4 is 4.74 Å². The van der Waals surface area contributed by atoms with Gasteiger partial charge < -0.3 is 14.9 Å². The van der Waals surface area contributed by atoms with E-state index < -0.39 is 12.3 Å². The fraction of sp³-hybridized carbons (Fsp3) is 0.429.